The lowest BCUT2D eigenvalue weighted by molar-refractivity contribution is 0.101. The molecule has 130 valence electrons. The van der Waals surface area contributed by atoms with Crippen LogP contribution in [-0.2, 0) is 6.61 Å². The minimum absolute atomic E-state index is 0.168. The molecule has 0 saturated carbocycles. The number of carbonyl (C=O) groups is 1. The molecule has 1 aliphatic heterocycles. The Bertz CT molecular complexity index is 1010. The maximum Gasteiger partial charge on any atom is 0.232 e. The van der Waals surface area contributed by atoms with Gasteiger partial charge in [-0.15, -0.1) is 0 Å². The molecule has 6 heteroatoms. The van der Waals surface area contributed by atoms with E-state index in [4.69, 9.17) is 25.5 Å². The summed E-state index contributed by atoms with van der Waals surface area (Å²) in [5.74, 6) is 1.02. The molecule has 0 atom stereocenters. The average molecular weight is 371 g/mol. The normalized spacial score (nSPS) is 14.4. The monoisotopic (exact) mass is 370 g/mol. The predicted octanol–water partition coefficient (Wildman–Crippen LogP) is 5.27. The number of hydrogen-bond donors (Lipinski definition) is 0. The fourth-order valence-corrected chi connectivity index (χ4v) is 2.78. The fourth-order valence-electron chi connectivity index (χ4n) is 2.56. The van der Waals surface area contributed by atoms with Gasteiger partial charge >= 0.3 is 0 Å². The highest BCUT2D eigenvalue weighted by Gasteiger charge is 2.28. The lowest BCUT2D eigenvalue weighted by Gasteiger charge is -2.08. The number of fused-ring (bicyclic) bond motifs is 1. The van der Waals surface area contributed by atoms with Crippen molar-refractivity contribution in [3.8, 4) is 11.5 Å². The number of carbonyl (C=O) groups excluding carboxylic acids is 1. The summed E-state index contributed by atoms with van der Waals surface area (Å²) in [6.07, 6.45) is 3.06. The smallest absolute Gasteiger partial charge is 0.232 e. The number of halogens is 2. The molecule has 1 aromatic heterocycles. The SMILES string of the molecule is O=C1C(=Cc2ccco2)Oc2cc(OCc3ccc(F)cc3Cl)ccc21. The van der Waals surface area contributed by atoms with E-state index in [0.717, 1.165) is 0 Å². The van der Waals surface area contributed by atoms with Crippen molar-refractivity contribution in [2.24, 2.45) is 0 Å². The zero-order chi connectivity index (χ0) is 18.1. The average Bonchev–Trinajstić information content (AvgIpc) is 3.23. The second kappa shape index (κ2) is 6.69. The standard InChI is InChI=1S/C20H12ClFO4/c21-17-8-13(22)4-3-12(17)11-25-15-5-6-16-18(9-15)26-19(20(16)23)10-14-2-1-7-24-14/h1-10H,11H2. The van der Waals surface area contributed by atoms with E-state index in [9.17, 15) is 9.18 Å². The van der Waals surface area contributed by atoms with Gasteiger partial charge in [0.15, 0.2) is 5.76 Å². The molecule has 1 aliphatic rings. The fraction of sp³-hybridized carbons (Fsp3) is 0.0500. The first-order valence-corrected chi connectivity index (χ1v) is 8.16. The Kier molecular flexibility index (Phi) is 4.22. The van der Waals surface area contributed by atoms with Gasteiger partial charge in [0.1, 0.15) is 29.7 Å². The molecule has 3 aromatic rings. The van der Waals surface area contributed by atoms with Crippen LogP contribution in [0.15, 0.2) is 65.0 Å². The number of ketones is 1. The van der Waals surface area contributed by atoms with Crippen LogP contribution in [0.1, 0.15) is 21.7 Å². The topological polar surface area (TPSA) is 48.7 Å². The van der Waals surface area contributed by atoms with Gasteiger partial charge in [0.05, 0.1) is 16.8 Å². The lowest BCUT2D eigenvalue weighted by Crippen LogP contribution is -1.98. The van der Waals surface area contributed by atoms with E-state index >= 15 is 0 Å². The minimum atomic E-state index is -0.404. The highest BCUT2D eigenvalue weighted by Crippen LogP contribution is 2.35. The zero-order valence-corrected chi connectivity index (χ0v) is 14.1. The van der Waals surface area contributed by atoms with Gasteiger partial charge in [0.2, 0.25) is 5.78 Å². The third kappa shape index (κ3) is 3.21. The van der Waals surface area contributed by atoms with Gasteiger partial charge in [-0.3, -0.25) is 4.79 Å². The summed E-state index contributed by atoms with van der Waals surface area (Å²) in [7, 11) is 0. The maximum atomic E-state index is 13.1. The highest BCUT2D eigenvalue weighted by molar-refractivity contribution is 6.31. The van der Waals surface area contributed by atoms with Crippen molar-refractivity contribution >= 4 is 23.5 Å². The Labute approximate surface area is 153 Å². The maximum absolute atomic E-state index is 13.1. The van der Waals surface area contributed by atoms with Gasteiger partial charge in [0, 0.05) is 17.7 Å². The van der Waals surface area contributed by atoms with Crippen LogP contribution in [0.2, 0.25) is 5.02 Å². The molecule has 4 rings (SSSR count). The van der Waals surface area contributed by atoms with Crippen molar-refractivity contribution < 1.29 is 23.1 Å². The highest BCUT2D eigenvalue weighted by atomic mass is 35.5. The number of rotatable bonds is 4. The predicted molar refractivity (Wildman–Crippen MR) is 93.8 cm³/mol. The Morgan fingerprint density at radius 3 is 2.81 bits per heavy atom. The summed E-state index contributed by atoms with van der Waals surface area (Å²) in [6.45, 7) is 0.168. The molecular weight excluding hydrogens is 359 g/mol. The molecule has 2 heterocycles. The first-order chi connectivity index (χ1) is 12.6. The largest absolute Gasteiger partial charge is 0.489 e. The molecule has 0 spiro atoms. The van der Waals surface area contributed by atoms with E-state index in [-0.39, 0.29) is 18.1 Å². The molecule has 26 heavy (non-hydrogen) atoms. The van der Waals surface area contributed by atoms with E-state index in [0.29, 0.717) is 33.4 Å². The number of hydrogen-bond acceptors (Lipinski definition) is 4. The quantitative estimate of drug-likeness (QED) is 0.587. The second-order valence-corrected chi connectivity index (χ2v) is 6.04. The van der Waals surface area contributed by atoms with Crippen LogP contribution in [0.3, 0.4) is 0 Å². The van der Waals surface area contributed by atoms with Crippen molar-refractivity contribution in [1.29, 1.82) is 0 Å². The Morgan fingerprint density at radius 1 is 1.15 bits per heavy atom. The molecular formula is C20H12ClFO4. The number of furan rings is 1. The summed E-state index contributed by atoms with van der Waals surface area (Å²) < 4.78 is 29.6. The van der Waals surface area contributed by atoms with E-state index in [1.807, 2.05) is 0 Å². The number of allylic oxidation sites excluding steroid dienone is 1. The van der Waals surface area contributed by atoms with E-state index in [2.05, 4.69) is 0 Å². The second-order valence-electron chi connectivity index (χ2n) is 5.64. The van der Waals surface area contributed by atoms with Crippen molar-refractivity contribution in [3.05, 3.63) is 88.3 Å². The Morgan fingerprint density at radius 2 is 2.04 bits per heavy atom. The summed E-state index contributed by atoms with van der Waals surface area (Å²) in [5, 5.41) is 0.293. The summed E-state index contributed by atoms with van der Waals surface area (Å²) in [5.41, 5.74) is 1.11. The summed E-state index contributed by atoms with van der Waals surface area (Å²) >= 11 is 5.99. The zero-order valence-electron chi connectivity index (χ0n) is 13.4. The van der Waals surface area contributed by atoms with Crippen molar-refractivity contribution in [2.45, 2.75) is 6.61 Å². The van der Waals surface area contributed by atoms with Gasteiger partial charge in [0.25, 0.3) is 0 Å². The van der Waals surface area contributed by atoms with Gasteiger partial charge in [-0.05, 0) is 36.4 Å². The van der Waals surface area contributed by atoms with Gasteiger partial charge in [-0.25, -0.2) is 4.39 Å². The Hall–Kier alpha value is -3.05. The van der Waals surface area contributed by atoms with Crippen LogP contribution in [0.4, 0.5) is 4.39 Å². The van der Waals surface area contributed by atoms with E-state index < -0.39 is 5.82 Å². The number of Topliss-reactive ketones (excluding diaryl/α,β-unsaturated/α-hetero) is 1. The van der Waals surface area contributed by atoms with Gasteiger partial charge in [-0.1, -0.05) is 17.7 Å². The molecule has 0 amide bonds. The molecule has 2 aromatic carbocycles. The third-order valence-corrected chi connectivity index (χ3v) is 4.22. The van der Waals surface area contributed by atoms with Crippen molar-refractivity contribution in [3.63, 3.8) is 0 Å². The van der Waals surface area contributed by atoms with Crippen LogP contribution in [-0.4, -0.2) is 5.78 Å². The molecule has 0 fully saturated rings. The third-order valence-electron chi connectivity index (χ3n) is 3.87. The summed E-state index contributed by atoms with van der Waals surface area (Å²) in [6, 6.07) is 12.5. The summed E-state index contributed by atoms with van der Waals surface area (Å²) in [4.78, 5) is 12.4. The van der Waals surface area contributed by atoms with Crippen molar-refractivity contribution in [2.75, 3.05) is 0 Å². The van der Waals surface area contributed by atoms with Crippen LogP contribution in [0, 0.1) is 5.82 Å². The van der Waals surface area contributed by atoms with Crippen LogP contribution < -0.4 is 9.47 Å². The molecule has 4 nitrogen and oxygen atoms in total. The van der Waals surface area contributed by atoms with Crippen LogP contribution in [0.5, 0.6) is 11.5 Å². The first-order valence-electron chi connectivity index (χ1n) is 7.79. The van der Waals surface area contributed by atoms with Gasteiger partial charge < -0.3 is 13.9 Å². The van der Waals surface area contributed by atoms with E-state index in [1.165, 1.54) is 18.4 Å². The van der Waals surface area contributed by atoms with Crippen LogP contribution in [0.25, 0.3) is 6.08 Å². The lowest BCUT2D eigenvalue weighted by atomic mass is 10.1. The molecule has 0 unspecified atom stereocenters. The molecule has 0 N–H and O–H groups in total. The minimum Gasteiger partial charge on any atom is -0.489 e. The Balaban J connectivity index is 1.51. The molecule has 0 saturated heterocycles. The molecule has 0 bridgehead atoms. The number of ether oxygens (including phenoxy) is 2. The van der Waals surface area contributed by atoms with Crippen molar-refractivity contribution in [1.82, 2.24) is 0 Å². The molecule has 0 aliphatic carbocycles. The molecule has 0 radical (unpaired) electrons. The first kappa shape index (κ1) is 16.4. The number of benzene rings is 2. The van der Waals surface area contributed by atoms with E-state index in [1.54, 1.807) is 42.5 Å². The van der Waals surface area contributed by atoms with Gasteiger partial charge in [-0.2, -0.15) is 0 Å². The van der Waals surface area contributed by atoms with Crippen LogP contribution >= 0.6 is 11.6 Å².